The fourth-order valence-electron chi connectivity index (χ4n) is 3.98. The van der Waals surface area contributed by atoms with Gasteiger partial charge < -0.3 is 9.80 Å². The SMILES string of the molecule is N#C/C(=C\c1ccccc1)C(=O)N1CCCCC1.N#CCC(=O)N1CCCCC1.O=Cc1ccccc1. The summed E-state index contributed by atoms with van der Waals surface area (Å²) in [6, 6.07) is 22.5. The van der Waals surface area contributed by atoms with E-state index in [1.807, 2.05) is 60.7 Å². The van der Waals surface area contributed by atoms with Gasteiger partial charge in [0.15, 0.2) is 0 Å². The van der Waals surface area contributed by atoms with E-state index in [9.17, 15) is 14.4 Å². The number of hydrogen-bond donors (Lipinski definition) is 0. The summed E-state index contributed by atoms with van der Waals surface area (Å²) in [6.07, 6.45) is 9.20. The highest BCUT2D eigenvalue weighted by Gasteiger charge is 2.20. The second-order valence-corrected chi connectivity index (χ2v) is 8.74. The van der Waals surface area contributed by atoms with Gasteiger partial charge in [0.25, 0.3) is 5.91 Å². The number of nitriles is 2. The van der Waals surface area contributed by atoms with E-state index in [4.69, 9.17) is 10.5 Å². The molecule has 2 aromatic carbocycles. The van der Waals surface area contributed by atoms with Gasteiger partial charge in [0.2, 0.25) is 5.91 Å². The molecule has 0 spiro atoms. The highest BCUT2D eigenvalue weighted by Crippen LogP contribution is 2.14. The quantitative estimate of drug-likeness (QED) is 0.334. The van der Waals surface area contributed by atoms with Gasteiger partial charge in [-0.05, 0) is 50.2 Å². The maximum Gasteiger partial charge on any atom is 0.264 e. The zero-order chi connectivity index (χ0) is 26.7. The molecule has 7 heteroatoms. The summed E-state index contributed by atoms with van der Waals surface area (Å²) in [6.45, 7) is 3.24. The summed E-state index contributed by atoms with van der Waals surface area (Å²) in [5, 5.41) is 17.4. The van der Waals surface area contributed by atoms with Crippen LogP contribution in [0, 0.1) is 22.7 Å². The Hall–Kier alpha value is -4.23. The number of likely N-dealkylation sites (tertiary alicyclic amines) is 2. The van der Waals surface area contributed by atoms with Crippen LogP contribution in [0.25, 0.3) is 6.08 Å². The van der Waals surface area contributed by atoms with Crippen molar-refractivity contribution in [1.29, 1.82) is 10.5 Å². The second-order valence-electron chi connectivity index (χ2n) is 8.74. The molecule has 0 radical (unpaired) electrons. The Balaban J connectivity index is 0.000000215. The largest absolute Gasteiger partial charge is 0.342 e. The van der Waals surface area contributed by atoms with Gasteiger partial charge in [-0.3, -0.25) is 14.4 Å². The molecule has 7 nitrogen and oxygen atoms in total. The molecule has 2 heterocycles. The molecule has 2 amide bonds. The third kappa shape index (κ3) is 10.9. The zero-order valence-corrected chi connectivity index (χ0v) is 21.2. The standard InChI is InChI=1S/C15H16N2O.C8H12N2O.C7H6O/c16-12-14(11-13-7-3-1-4-8-13)15(18)17-9-5-2-6-10-17;9-5-4-8(11)10-6-2-1-3-7-10;8-6-7-4-2-1-3-5-7/h1,3-4,7-8,11H,2,5-6,9-10H2;1-4,6-7H2;1-6H/b14-11+;;. The second kappa shape index (κ2) is 17.2. The van der Waals surface area contributed by atoms with Crippen molar-refractivity contribution in [2.75, 3.05) is 26.2 Å². The summed E-state index contributed by atoms with van der Waals surface area (Å²) >= 11 is 0. The van der Waals surface area contributed by atoms with Crippen molar-refractivity contribution in [2.24, 2.45) is 0 Å². The van der Waals surface area contributed by atoms with Crippen LogP contribution >= 0.6 is 0 Å². The number of rotatable bonds is 4. The van der Waals surface area contributed by atoms with Gasteiger partial charge in [-0.25, -0.2) is 0 Å². The van der Waals surface area contributed by atoms with E-state index in [2.05, 4.69) is 0 Å². The molecule has 0 N–H and O–H groups in total. The van der Waals surface area contributed by atoms with Crippen LogP contribution in [0.5, 0.6) is 0 Å². The number of carbonyl (C=O) groups is 3. The zero-order valence-electron chi connectivity index (χ0n) is 21.2. The predicted octanol–water partition coefficient (Wildman–Crippen LogP) is 5.02. The molecule has 2 saturated heterocycles. The molecule has 2 aliphatic rings. The van der Waals surface area contributed by atoms with Gasteiger partial charge in [-0.15, -0.1) is 0 Å². The Kier molecular flexibility index (Phi) is 13.5. The summed E-state index contributed by atoms with van der Waals surface area (Å²) in [5.41, 5.74) is 1.84. The lowest BCUT2D eigenvalue weighted by Gasteiger charge is -2.26. The number of piperidine rings is 2. The first-order valence-corrected chi connectivity index (χ1v) is 12.7. The Bertz CT molecular complexity index is 1090. The number of nitrogens with zero attached hydrogens (tertiary/aromatic N) is 4. The van der Waals surface area contributed by atoms with Gasteiger partial charge in [0, 0.05) is 31.7 Å². The molecule has 37 heavy (non-hydrogen) atoms. The van der Waals surface area contributed by atoms with E-state index >= 15 is 0 Å². The lowest BCUT2D eigenvalue weighted by molar-refractivity contribution is -0.131. The van der Waals surface area contributed by atoms with Crippen LogP contribution in [0.1, 0.15) is 60.9 Å². The van der Waals surface area contributed by atoms with Crippen LogP contribution in [0.4, 0.5) is 0 Å². The van der Waals surface area contributed by atoms with E-state index in [1.165, 1.54) is 12.8 Å². The minimum atomic E-state index is -0.138. The van der Waals surface area contributed by atoms with Crippen LogP contribution in [0.2, 0.25) is 0 Å². The van der Waals surface area contributed by atoms with Crippen molar-refractivity contribution in [3.8, 4) is 12.1 Å². The smallest absolute Gasteiger partial charge is 0.264 e. The van der Waals surface area contributed by atoms with Crippen molar-refractivity contribution in [3.63, 3.8) is 0 Å². The van der Waals surface area contributed by atoms with Gasteiger partial charge in [0.05, 0.1) is 6.07 Å². The highest BCUT2D eigenvalue weighted by atomic mass is 16.2. The molecular formula is C30H34N4O3. The maximum atomic E-state index is 12.2. The molecule has 0 bridgehead atoms. The fourth-order valence-corrected chi connectivity index (χ4v) is 3.98. The van der Waals surface area contributed by atoms with Crippen LogP contribution in [0.15, 0.2) is 66.2 Å². The van der Waals surface area contributed by atoms with Gasteiger partial charge in [-0.1, -0.05) is 60.7 Å². The van der Waals surface area contributed by atoms with Gasteiger partial charge >= 0.3 is 0 Å². The summed E-state index contributed by atoms with van der Waals surface area (Å²) in [5.74, 6) is -0.145. The number of carbonyl (C=O) groups excluding carboxylic acids is 3. The molecule has 0 aliphatic carbocycles. The van der Waals surface area contributed by atoms with Gasteiger partial charge in [0.1, 0.15) is 24.3 Å². The van der Waals surface area contributed by atoms with Crippen LogP contribution in [-0.4, -0.2) is 54.1 Å². The van der Waals surface area contributed by atoms with E-state index in [0.717, 1.165) is 69.3 Å². The molecule has 192 valence electrons. The lowest BCUT2D eigenvalue weighted by atomic mass is 10.1. The summed E-state index contributed by atoms with van der Waals surface area (Å²) < 4.78 is 0. The van der Waals surface area contributed by atoms with Crippen molar-refractivity contribution in [1.82, 2.24) is 9.80 Å². The Morgan fingerprint density at radius 2 is 1.22 bits per heavy atom. The van der Waals surface area contributed by atoms with Crippen molar-refractivity contribution >= 4 is 24.2 Å². The molecule has 2 aliphatic heterocycles. The minimum absolute atomic E-state index is 0.00722. The number of benzene rings is 2. The van der Waals surface area contributed by atoms with Gasteiger partial charge in [-0.2, -0.15) is 10.5 Å². The van der Waals surface area contributed by atoms with E-state index < -0.39 is 0 Å². The molecule has 0 saturated carbocycles. The highest BCUT2D eigenvalue weighted by molar-refractivity contribution is 6.01. The van der Waals surface area contributed by atoms with Crippen molar-refractivity contribution in [2.45, 2.75) is 44.9 Å². The third-order valence-electron chi connectivity index (χ3n) is 5.98. The molecule has 2 aromatic rings. The topological polar surface area (TPSA) is 105 Å². The minimum Gasteiger partial charge on any atom is -0.342 e. The Labute approximate surface area is 219 Å². The lowest BCUT2D eigenvalue weighted by Crippen LogP contribution is -2.36. The van der Waals surface area contributed by atoms with E-state index in [-0.39, 0.29) is 23.8 Å². The molecule has 2 fully saturated rings. The maximum absolute atomic E-state index is 12.2. The molecule has 0 aromatic heterocycles. The van der Waals surface area contributed by atoms with Crippen LogP contribution in [-0.2, 0) is 9.59 Å². The predicted molar refractivity (Wildman–Crippen MR) is 143 cm³/mol. The molecule has 0 atom stereocenters. The molecule has 4 rings (SSSR count). The summed E-state index contributed by atoms with van der Waals surface area (Å²) in [7, 11) is 0. The van der Waals surface area contributed by atoms with Crippen molar-refractivity contribution in [3.05, 3.63) is 77.4 Å². The van der Waals surface area contributed by atoms with E-state index in [0.29, 0.717) is 0 Å². The third-order valence-corrected chi connectivity index (χ3v) is 5.98. The van der Waals surface area contributed by atoms with Crippen molar-refractivity contribution < 1.29 is 14.4 Å². The number of aldehydes is 1. The van der Waals surface area contributed by atoms with Crippen LogP contribution < -0.4 is 0 Å². The average Bonchev–Trinajstić information content (AvgIpc) is 2.98. The fraction of sp³-hybridized carbons (Fsp3) is 0.367. The number of hydrogen-bond acceptors (Lipinski definition) is 5. The molecule has 0 unspecified atom stereocenters. The number of amides is 2. The Morgan fingerprint density at radius 1 is 0.730 bits per heavy atom. The first kappa shape index (κ1) is 29.0. The first-order chi connectivity index (χ1) is 18.1. The first-order valence-electron chi connectivity index (χ1n) is 12.7. The monoisotopic (exact) mass is 498 g/mol. The average molecular weight is 499 g/mol. The molecular weight excluding hydrogens is 464 g/mol. The Morgan fingerprint density at radius 3 is 1.65 bits per heavy atom. The van der Waals surface area contributed by atoms with E-state index in [1.54, 1.807) is 28.0 Å². The normalized spacial score (nSPS) is 14.9. The van der Waals surface area contributed by atoms with Crippen LogP contribution in [0.3, 0.4) is 0 Å². The summed E-state index contributed by atoms with van der Waals surface area (Å²) in [4.78, 5) is 36.8.